The second-order valence-electron chi connectivity index (χ2n) is 5.79. The fourth-order valence-electron chi connectivity index (χ4n) is 3.11. The Morgan fingerprint density at radius 2 is 2.06 bits per heavy atom. The number of aliphatic imine (C=N–C) groups is 1. The quantitative estimate of drug-likeness (QED) is 0.581. The van der Waals surface area contributed by atoms with E-state index in [0.29, 0.717) is 5.92 Å². The summed E-state index contributed by atoms with van der Waals surface area (Å²) in [7, 11) is 3.75. The molecule has 1 unspecified atom stereocenters. The molecule has 98 valence electrons. The van der Waals surface area contributed by atoms with Gasteiger partial charge in [0.2, 0.25) is 0 Å². The largest absolute Gasteiger partial charge is 0.313 e. The number of nitrogens with zero attached hydrogens (tertiary/aromatic N) is 2. The standard InChI is InChI=1S/C14H27N3/c1-7-11-8-10(2)12(17-16-6)13(15-5)14(3,4)9-11/h10-11,16H,7-9H2,1-6H3/b15-13?,17-12-/t10-,11?/m0/s1. The van der Waals surface area contributed by atoms with E-state index >= 15 is 0 Å². The van der Waals surface area contributed by atoms with Crippen LogP contribution in [-0.4, -0.2) is 25.5 Å². The minimum atomic E-state index is 0.135. The summed E-state index contributed by atoms with van der Waals surface area (Å²) in [6, 6.07) is 0. The second-order valence-corrected chi connectivity index (χ2v) is 5.79. The van der Waals surface area contributed by atoms with Crippen LogP contribution in [0.2, 0.25) is 0 Å². The zero-order valence-corrected chi connectivity index (χ0v) is 12.2. The van der Waals surface area contributed by atoms with Gasteiger partial charge in [0.05, 0.1) is 11.4 Å². The summed E-state index contributed by atoms with van der Waals surface area (Å²) in [6.45, 7) is 9.14. The van der Waals surface area contributed by atoms with E-state index in [0.717, 1.165) is 11.6 Å². The summed E-state index contributed by atoms with van der Waals surface area (Å²) in [4.78, 5) is 4.53. The Balaban J connectivity index is 3.17. The first-order valence-electron chi connectivity index (χ1n) is 6.68. The molecule has 0 heterocycles. The van der Waals surface area contributed by atoms with Gasteiger partial charge in [0, 0.05) is 25.4 Å². The van der Waals surface area contributed by atoms with Crippen molar-refractivity contribution in [3.05, 3.63) is 0 Å². The minimum absolute atomic E-state index is 0.135. The smallest absolute Gasteiger partial charge is 0.0846 e. The lowest BCUT2D eigenvalue weighted by Gasteiger charge is -2.27. The van der Waals surface area contributed by atoms with Crippen molar-refractivity contribution in [2.24, 2.45) is 27.3 Å². The SMILES string of the molecule is CCC1C[C@H](C)/C(=N/NC)C(=NC)C(C)(C)C1. The summed E-state index contributed by atoms with van der Waals surface area (Å²) < 4.78 is 0. The van der Waals surface area contributed by atoms with E-state index in [1.165, 1.54) is 25.0 Å². The molecule has 1 aliphatic carbocycles. The van der Waals surface area contributed by atoms with E-state index < -0.39 is 0 Å². The highest BCUT2D eigenvalue weighted by atomic mass is 15.3. The van der Waals surface area contributed by atoms with Crippen LogP contribution in [0.15, 0.2) is 10.1 Å². The molecule has 0 radical (unpaired) electrons. The summed E-state index contributed by atoms with van der Waals surface area (Å²) in [5, 5.41) is 4.48. The molecule has 1 fully saturated rings. The molecule has 1 aliphatic rings. The van der Waals surface area contributed by atoms with Gasteiger partial charge in [-0.2, -0.15) is 5.10 Å². The monoisotopic (exact) mass is 237 g/mol. The maximum absolute atomic E-state index is 4.53. The predicted octanol–water partition coefficient (Wildman–Crippen LogP) is 3.11. The van der Waals surface area contributed by atoms with E-state index in [2.05, 4.69) is 43.2 Å². The topological polar surface area (TPSA) is 36.8 Å². The van der Waals surface area contributed by atoms with Gasteiger partial charge >= 0.3 is 0 Å². The van der Waals surface area contributed by atoms with E-state index in [9.17, 15) is 0 Å². The van der Waals surface area contributed by atoms with Crippen molar-refractivity contribution in [3.63, 3.8) is 0 Å². The van der Waals surface area contributed by atoms with Crippen molar-refractivity contribution < 1.29 is 0 Å². The third-order valence-corrected chi connectivity index (χ3v) is 3.87. The van der Waals surface area contributed by atoms with Crippen LogP contribution in [0.5, 0.6) is 0 Å². The van der Waals surface area contributed by atoms with Crippen LogP contribution in [-0.2, 0) is 0 Å². The van der Waals surface area contributed by atoms with Crippen LogP contribution in [0.3, 0.4) is 0 Å². The van der Waals surface area contributed by atoms with Crippen LogP contribution in [0.25, 0.3) is 0 Å². The van der Waals surface area contributed by atoms with Crippen molar-refractivity contribution in [2.45, 2.75) is 47.0 Å². The third kappa shape index (κ3) is 3.08. The predicted molar refractivity (Wildman–Crippen MR) is 75.8 cm³/mol. The lowest BCUT2D eigenvalue weighted by Crippen LogP contribution is -2.33. The average Bonchev–Trinajstić information content (AvgIpc) is 2.35. The molecule has 0 aliphatic heterocycles. The molecule has 0 bridgehead atoms. The van der Waals surface area contributed by atoms with Gasteiger partial charge in [-0.15, -0.1) is 0 Å². The third-order valence-electron chi connectivity index (χ3n) is 3.87. The molecular weight excluding hydrogens is 210 g/mol. The van der Waals surface area contributed by atoms with E-state index in [4.69, 9.17) is 0 Å². The van der Waals surface area contributed by atoms with Crippen LogP contribution in [0, 0.1) is 17.3 Å². The Kier molecular flexibility index (Phi) is 4.72. The summed E-state index contributed by atoms with van der Waals surface area (Å²) in [5.74, 6) is 1.27. The molecule has 0 aromatic heterocycles. The van der Waals surface area contributed by atoms with Crippen molar-refractivity contribution in [1.29, 1.82) is 0 Å². The Labute approximate surface area is 106 Å². The number of rotatable bonds is 2. The summed E-state index contributed by atoms with van der Waals surface area (Å²) in [5.41, 5.74) is 5.40. The zero-order chi connectivity index (χ0) is 13.1. The van der Waals surface area contributed by atoms with Gasteiger partial charge in [-0.1, -0.05) is 34.1 Å². The Morgan fingerprint density at radius 1 is 1.41 bits per heavy atom. The molecule has 3 heteroatoms. The maximum atomic E-state index is 4.53. The van der Waals surface area contributed by atoms with Crippen molar-refractivity contribution >= 4 is 11.4 Å². The normalized spacial score (nSPS) is 33.8. The molecule has 0 aromatic rings. The maximum Gasteiger partial charge on any atom is 0.0846 e. The molecule has 1 N–H and O–H groups in total. The van der Waals surface area contributed by atoms with Gasteiger partial charge in [0.1, 0.15) is 0 Å². The first-order valence-corrected chi connectivity index (χ1v) is 6.68. The molecule has 1 rings (SSSR count). The Hall–Kier alpha value is -0.860. The number of hydrogen-bond donors (Lipinski definition) is 1. The molecule has 3 nitrogen and oxygen atoms in total. The fraction of sp³-hybridized carbons (Fsp3) is 0.857. The molecule has 0 amide bonds. The first kappa shape index (κ1) is 14.2. The van der Waals surface area contributed by atoms with Crippen LogP contribution in [0.4, 0.5) is 0 Å². The second kappa shape index (κ2) is 5.65. The highest BCUT2D eigenvalue weighted by Gasteiger charge is 2.37. The van der Waals surface area contributed by atoms with Gasteiger partial charge < -0.3 is 5.43 Å². The van der Waals surface area contributed by atoms with Crippen LogP contribution in [0.1, 0.15) is 47.0 Å². The molecule has 17 heavy (non-hydrogen) atoms. The van der Waals surface area contributed by atoms with Gasteiger partial charge in [0.25, 0.3) is 0 Å². The fourth-order valence-corrected chi connectivity index (χ4v) is 3.11. The molecule has 2 atom stereocenters. The summed E-state index contributed by atoms with van der Waals surface area (Å²) in [6.07, 6.45) is 3.68. The van der Waals surface area contributed by atoms with Gasteiger partial charge in [-0.25, -0.2) is 0 Å². The lowest BCUT2D eigenvalue weighted by atomic mass is 9.78. The number of nitrogens with one attached hydrogen (secondary N) is 1. The van der Waals surface area contributed by atoms with E-state index in [-0.39, 0.29) is 5.41 Å². The molecule has 0 aromatic carbocycles. The highest BCUT2D eigenvalue weighted by molar-refractivity contribution is 6.44. The molecular formula is C14H27N3. The van der Waals surface area contributed by atoms with Crippen molar-refractivity contribution in [3.8, 4) is 0 Å². The van der Waals surface area contributed by atoms with Gasteiger partial charge in [-0.3, -0.25) is 4.99 Å². The molecule has 0 saturated heterocycles. The first-order chi connectivity index (χ1) is 7.96. The number of hydrazone groups is 1. The Morgan fingerprint density at radius 3 is 2.53 bits per heavy atom. The zero-order valence-electron chi connectivity index (χ0n) is 12.2. The van der Waals surface area contributed by atoms with Crippen molar-refractivity contribution in [1.82, 2.24) is 5.43 Å². The minimum Gasteiger partial charge on any atom is -0.313 e. The van der Waals surface area contributed by atoms with E-state index in [1.54, 1.807) is 0 Å². The van der Waals surface area contributed by atoms with E-state index in [1.807, 2.05) is 14.1 Å². The molecule has 1 saturated carbocycles. The van der Waals surface area contributed by atoms with Gasteiger partial charge in [0.15, 0.2) is 0 Å². The average molecular weight is 237 g/mol. The van der Waals surface area contributed by atoms with Gasteiger partial charge in [-0.05, 0) is 18.8 Å². The highest BCUT2D eigenvalue weighted by Crippen LogP contribution is 2.37. The molecule has 0 spiro atoms. The summed E-state index contributed by atoms with van der Waals surface area (Å²) >= 11 is 0. The van der Waals surface area contributed by atoms with Crippen LogP contribution >= 0.6 is 0 Å². The number of hydrogen-bond acceptors (Lipinski definition) is 3. The lowest BCUT2D eigenvalue weighted by molar-refractivity contribution is 0.327. The van der Waals surface area contributed by atoms with Crippen LogP contribution < -0.4 is 5.43 Å². The Bertz CT molecular complexity index is 315. The van der Waals surface area contributed by atoms with Crippen molar-refractivity contribution in [2.75, 3.05) is 14.1 Å².